The van der Waals surface area contributed by atoms with Crippen molar-refractivity contribution in [3.63, 3.8) is 0 Å². The highest BCUT2D eigenvalue weighted by Crippen LogP contribution is 2.01. The van der Waals surface area contributed by atoms with Crippen molar-refractivity contribution in [2.45, 2.75) is 33.4 Å². The largest absolute Gasteiger partial charge is 0.467 e. The molecule has 0 radical (unpaired) electrons. The number of hydrogen-bond acceptors (Lipinski definition) is 4. The van der Waals surface area contributed by atoms with E-state index in [9.17, 15) is 0 Å². The Kier molecular flexibility index (Phi) is 5.81. The van der Waals surface area contributed by atoms with Crippen LogP contribution in [0, 0.1) is 0 Å². The second-order valence-corrected chi connectivity index (χ2v) is 4.50. The fraction of sp³-hybridized carbons (Fsp3) is 0.500. The van der Waals surface area contributed by atoms with E-state index < -0.39 is 0 Å². The highest BCUT2D eigenvalue weighted by molar-refractivity contribution is 5.79. The average Bonchev–Trinajstić information content (AvgIpc) is 3.16. The Morgan fingerprint density at radius 2 is 2.29 bits per heavy atom. The summed E-state index contributed by atoms with van der Waals surface area (Å²) in [4.78, 5) is 4.48. The number of aliphatic imine (C=N–C) groups is 1. The third-order valence-electron chi connectivity index (χ3n) is 2.97. The van der Waals surface area contributed by atoms with Crippen LogP contribution in [0.3, 0.4) is 0 Å². The molecule has 0 aliphatic rings. The van der Waals surface area contributed by atoms with Crippen molar-refractivity contribution in [2.75, 3.05) is 13.1 Å². The smallest absolute Gasteiger partial charge is 0.191 e. The normalized spacial score (nSPS) is 11.6. The molecule has 2 rings (SSSR count). The molecule has 0 atom stereocenters. The Bertz CT molecular complexity index is 546. The second kappa shape index (κ2) is 8.08. The molecular weight excluding hydrogens is 268 g/mol. The number of furan rings is 1. The molecule has 0 saturated carbocycles. The summed E-state index contributed by atoms with van der Waals surface area (Å²) in [6.45, 7) is 7.02. The third-order valence-corrected chi connectivity index (χ3v) is 2.97. The van der Waals surface area contributed by atoms with E-state index in [2.05, 4.69) is 32.7 Å². The van der Waals surface area contributed by atoms with E-state index in [0.717, 1.165) is 43.6 Å². The van der Waals surface area contributed by atoms with Crippen LogP contribution in [0.5, 0.6) is 0 Å². The topological polar surface area (TPSA) is 80.3 Å². The van der Waals surface area contributed by atoms with Gasteiger partial charge in [0.15, 0.2) is 5.96 Å². The summed E-state index contributed by atoms with van der Waals surface area (Å²) in [5.74, 6) is 2.62. The zero-order chi connectivity index (χ0) is 14.9. The Balaban J connectivity index is 1.83. The van der Waals surface area contributed by atoms with Crippen LogP contribution in [0.25, 0.3) is 0 Å². The Hall–Kier alpha value is -2.31. The van der Waals surface area contributed by atoms with Crippen molar-refractivity contribution >= 4 is 5.96 Å². The van der Waals surface area contributed by atoms with Gasteiger partial charge in [0, 0.05) is 26.1 Å². The lowest BCUT2D eigenvalue weighted by Gasteiger charge is -2.11. The van der Waals surface area contributed by atoms with Gasteiger partial charge in [-0.05, 0) is 19.1 Å². The van der Waals surface area contributed by atoms with Crippen molar-refractivity contribution in [3.05, 3.63) is 36.3 Å². The van der Waals surface area contributed by atoms with Crippen LogP contribution in [0.15, 0.2) is 34.1 Å². The predicted molar refractivity (Wildman–Crippen MR) is 80.9 cm³/mol. The van der Waals surface area contributed by atoms with Gasteiger partial charge in [0.2, 0.25) is 0 Å². The minimum atomic E-state index is 0.523. The van der Waals surface area contributed by atoms with Crippen LogP contribution >= 0.6 is 0 Å². The fourth-order valence-corrected chi connectivity index (χ4v) is 1.94. The zero-order valence-electron chi connectivity index (χ0n) is 12.5. The molecule has 114 valence electrons. The maximum atomic E-state index is 5.27. The molecule has 2 N–H and O–H groups in total. The van der Waals surface area contributed by atoms with Crippen molar-refractivity contribution in [1.82, 2.24) is 25.4 Å². The summed E-state index contributed by atoms with van der Waals surface area (Å²) in [6, 6.07) is 3.78. The number of nitrogens with one attached hydrogen (secondary N) is 2. The lowest BCUT2D eigenvalue weighted by molar-refractivity contribution is 0.511. The predicted octanol–water partition coefficient (Wildman–Crippen LogP) is 1.19. The lowest BCUT2D eigenvalue weighted by Crippen LogP contribution is -2.38. The molecule has 0 spiro atoms. The van der Waals surface area contributed by atoms with Crippen LogP contribution in [-0.2, 0) is 19.5 Å². The number of rotatable bonds is 7. The monoisotopic (exact) mass is 290 g/mol. The van der Waals surface area contributed by atoms with Crippen molar-refractivity contribution in [3.8, 4) is 0 Å². The fourth-order valence-electron chi connectivity index (χ4n) is 1.94. The highest BCUT2D eigenvalue weighted by atomic mass is 16.3. The summed E-state index contributed by atoms with van der Waals surface area (Å²) >= 11 is 0. The van der Waals surface area contributed by atoms with Crippen molar-refractivity contribution in [1.29, 1.82) is 0 Å². The second-order valence-electron chi connectivity index (χ2n) is 4.50. The third kappa shape index (κ3) is 4.62. The van der Waals surface area contributed by atoms with E-state index in [1.54, 1.807) is 12.6 Å². The van der Waals surface area contributed by atoms with Crippen molar-refractivity contribution < 1.29 is 4.42 Å². The summed E-state index contributed by atoms with van der Waals surface area (Å²) in [5.41, 5.74) is 0. The van der Waals surface area contributed by atoms with Gasteiger partial charge < -0.3 is 19.6 Å². The van der Waals surface area contributed by atoms with Crippen LogP contribution in [0.4, 0.5) is 0 Å². The molecule has 2 aromatic heterocycles. The van der Waals surface area contributed by atoms with Crippen LogP contribution in [0.1, 0.15) is 25.4 Å². The number of hydrogen-bond donors (Lipinski definition) is 2. The Morgan fingerprint density at radius 3 is 3.00 bits per heavy atom. The molecule has 0 aliphatic carbocycles. The zero-order valence-corrected chi connectivity index (χ0v) is 12.5. The molecule has 0 bridgehead atoms. The van der Waals surface area contributed by atoms with Gasteiger partial charge in [-0.3, -0.25) is 0 Å². The maximum Gasteiger partial charge on any atom is 0.191 e. The molecule has 0 saturated heterocycles. The standard InChI is InChI=1S/C14H22N6O/c1-3-13-19-18-11-20(13)8-7-16-14(15-4-2)17-10-12-6-5-9-21-12/h5-6,9,11H,3-4,7-8,10H2,1-2H3,(H2,15,16,17). The SMILES string of the molecule is CCNC(=NCc1ccco1)NCCn1cnnc1CC. The number of aromatic nitrogens is 3. The van der Waals surface area contributed by atoms with Crippen molar-refractivity contribution in [2.24, 2.45) is 4.99 Å². The molecule has 2 aromatic rings. The highest BCUT2D eigenvalue weighted by Gasteiger charge is 2.02. The van der Waals surface area contributed by atoms with Gasteiger partial charge in [0.25, 0.3) is 0 Å². The van der Waals surface area contributed by atoms with E-state index >= 15 is 0 Å². The van der Waals surface area contributed by atoms with Gasteiger partial charge in [-0.15, -0.1) is 10.2 Å². The van der Waals surface area contributed by atoms with E-state index in [-0.39, 0.29) is 0 Å². The van der Waals surface area contributed by atoms with E-state index in [4.69, 9.17) is 4.42 Å². The molecule has 0 fully saturated rings. The van der Waals surface area contributed by atoms with E-state index in [1.165, 1.54) is 0 Å². The molecule has 0 aromatic carbocycles. The first-order valence-corrected chi connectivity index (χ1v) is 7.24. The first-order valence-electron chi connectivity index (χ1n) is 7.24. The van der Waals surface area contributed by atoms with Crippen LogP contribution in [0.2, 0.25) is 0 Å². The minimum absolute atomic E-state index is 0.523. The quantitative estimate of drug-likeness (QED) is 0.591. The van der Waals surface area contributed by atoms with Gasteiger partial charge in [-0.1, -0.05) is 6.92 Å². The van der Waals surface area contributed by atoms with Gasteiger partial charge in [-0.25, -0.2) is 4.99 Å². The Morgan fingerprint density at radius 1 is 1.38 bits per heavy atom. The molecule has 0 unspecified atom stereocenters. The summed E-state index contributed by atoms with van der Waals surface area (Å²) in [6.07, 6.45) is 4.30. The van der Waals surface area contributed by atoms with E-state index in [1.807, 2.05) is 23.6 Å². The first kappa shape index (κ1) is 15.1. The molecule has 2 heterocycles. The number of guanidine groups is 1. The maximum absolute atomic E-state index is 5.27. The first-order chi connectivity index (χ1) is 10.3. The number of nitrogens with zero attached hydrogens (tertiary/aromatic N) is 4. The number of aryl methyl sites for hydroxylation is 1. The summed E-state index contributed by atoms with van der Waals surface area (Å²) < 4.78 is 7.32. The van der Waals surface area contributed by atoms with Gasteiger partial charge in [0.05, 0.1) is 6.26 Å². The summed E-state index contributed by atoms with van der Waals surface area (Å²) in [5, 5.41) is 14.5. The molecular formula is C14H22N6O. The van der Waals surface area contributed by atoms with Gasteiger partial charge >= 0.3 is 0 Å². The molecule has 0 amide bonds. The average molecular weight is 290 g/mol. The molecule has 7 nitrogen and oxygen atoms in total. The molecule has 7 heteroatoms. The van der Waals surface area contributed by atoms with Crippen LogP contribution in [-0.4, -0.2) is 33.8 Å². The Labute approximate surface area is 124 Å². The van der Waals surface area contributed by atoms with Gasteiger partial charge in [0.1, 0.15) is 24.5 Å². The molecule has 21 heavy (non-hydrogen) atoms. The summed E-state index contributed by atoms with van der Waals surface area (Å²) in [7, 11) is 0. The molecule has 0 aliphatic heterocycles. The van der Waals surface area contributed by atoms with Gasteiger partial charge in [-0.2, -0.15) is 0 Å². The van der Waals surface area contributed by atoms with Crippen LogP contribution < -0.4 is 10.6 Å². The lowest BCUT2D eigenvalue weighted by atomic mass is 10.4. The minimum Gasteiger partial charge on any atom is -0.467 e. The van der Waals surface area contributed by atoms with E-state index in [0.29, 0.717) is 6.54 Å².